The Morgan fingerprint density at radius 1 is 1.13 bits per heavy atom. The van der Waals surface area contributed by atoms with Gasteiger partial charge in [0.15, 0.2) is 0 Å². The lowest BCUT2D eigenvalue weighted by atomic mass is 9.91. The summed E-state index contributed by atoms with van der Waals surface area (Å²) in [4.78, 5) is 9.61. The van der Waals surface area contributed by atoms with Crippen LogP contribution in [0.2, 0.25) is 0 Å². The van der Waals surface area contributed by atoms with Crippen molar-refractivity contribution < 1.29 is 4.74 Å². The number of anilines is 1. The quantitative estimate of drug-likeness (QED) is 0.591. The van der Waals surface area contributed by atoms with E-state index in [0.29, 0.717) is 18.7 Å². The van der Waals surface area contributed by atoms with Gasteiger partial charge in [0.2, 0.25) is 0 Å². The molecule has 2 aromatic heterocycles. The van der Waals surface area contributed by atoms with Gasteiger partial charge in [0, 0.05) is 42.0 Å². The fraction of sp³-hybridized carbons (Fsp3) is 0.538. The zero-order valence-electron chi connectivity index (χ0n) is 19.2. The van der Waals surface area contributed by atoms with Crippen LogP contribution in [0.25, 0.3) is 17.3 Å². The number of nitrogens with zero attached hydrogens (tertiary/aromatic N) is 2. The van der Waals surface area contributed by atoms with E-state index in [9.17, 15) is 0 Å². The number of fused-ring (bicyclic) bond motifs is 1. The molecule has 31 heavy (non-hydrogen) atoms. The number of rotatable bonds is 8. The van der Waals surface area contributed by atoms with Gasteiger partial charge in [-0.2, -0.15) is 0 Å². The first-order valence-electron chi connectivity index (χ1n) is 11.8. The summed E-state index contributed by atoms with van der Waals surface area (Å²) < 4.78 is 5.72. The molecule has 1 fully saturated rings. The van der Waals surface area contributed by atoms with Crippen LogP contribution in [0.15, 0.2) is 30.1 Å². The molecular weight excluding hydrogens is 384 g/mol. The van der Waals surface area contributed by atoms with Crippen molar-refractivity contribution in [3.05, 3.63) is 46.9 Å². The van der Waals surface area contributed by atoms with Crippen molar-refractivity contribution in [1.82, 2.24) is 9.97 Å². The van der Waals surface area contributed by atoms with Gasteiger partial charge in [-0.15, -0.1) is 0 Å². The van der Waals surface area contributed by atoms with Gasteiger partial charge in [0.1, 0.15) is 0 Å². The molecular formula is C26H36N4O. The summed E-state index contributed by atoms with van der Waals surface area (Å²) >= 11 is 0. The first-order chi connectivity index (χ1) is 15.0. The van der Waals surface area contributed by atoms with Crippen molar-refractivity contribution in [2.45, 2.75) is 90.5 Å². The van der Waals surface area contributed by atoms with Crippen LogP contribution in [0.4, 0.5) is 5.69 Å². The second-order valence-electron chi connectivity index (χ2n) is 9.30. The van der Waals surface area contributed by atoms with Gasteiger partial charge in [-0.1, -0.05) is 31.1 Å². The lowest BCUT2D eigenvalue weighted by Gasteiger charge is -2.29. The fourth-order valence-corrected chi connectivity index (χ4v) is 4.56. The van der Waals surface area contributed by atoms with Gasteiger partial charge in [-0.05, 0) is 57.6 Å². The number of aromatic nitrogens is 2. The minimum atomic E-state index is 0.212. The lowest BCUT2D eigenvalue weighted by molar-refractivity contribution is 0.0655. The summed E-state index contributed by atoms with van der Waals surface area (Å²) in [5.74, 6) is 0. The largest absolute Gasteiger partial charge is 0.381 e. The van der Waals surface area contributed by atoms with Crippen LogP contribution < -0.4 is 11.1 Å². The molecule has 5 nitrogen and oxygen atoms in total. The Hall–Kier alpha value is -2.24. The second kappa shape index (κ2) is 9.92. The zero-order chi connectivity index (χ0) is 21.8. The SMILES string of the molecule is CCCC1=Cc2c(ncc(-c3ccc(COC(C)C)cn3)c2NC2CCC(N)CC2)C1. The summed E-state index contributed by atoms with van der Waals surface area (Å²) in [6, 6.07) is 5.00. The van der Waals surface area contributed by atoms with Crippen molar-refractivity contribution in [2.75, 3.05) is 5.32 Å². The molecule has 2 aromatic rings. The Balaban J connectivity index is 1.65. The topological polar surface area (TPSA) is 73.1 Å². The molecule has 1 saturated carbocycles. The van der Waals surface area contributed by atoms with E-state index >= 15 is 0 Å². The Morgan fingerprint density at radius 2 is 1.94 bits per heavy atom. The van der Waals surface area contributed by atoms with Crippen LogP contribution in [-0.4, -0.2) is 28.2 Å². The van der Waals surface area contributed by atoms with Crippen LogP contribution in [0.1, 0.15) is 76.1 Å². The van der Waals surface area contributed by atoms with Gasteiger partial charge in [-0.25, -0.2) is 0 Å². The van der Waals surface area contributed by atoms with Crippen molar-refractivity contribution in [2.24, 2.45) is 5.73 Å². The number of nitrogens with two attached hydrogens (primary N) is 1. The molecule has 3 N–H and O–H groups in total. The van der Waals surface area contributed by atoms with Gasteiger partial charge < -0.3 is 15.8 Å². The number of allylic oxidation sites excluding steroid dienone is 1. The van der Waals surface area contributed by atoms with Crippen molar-refractivity contribution >= 4 is 11.8 Å². The number of hydrogen-bond acceptors (Lipinski definition) is 5. The fourth-order valence-electron chi connectivity index (χ4n) is 4.56. The van der Waals surface area contributed by atoms with Crippen molar-refractivity contribution in [1.29, 1.82) is 0 Å². The maximum Gasteiger partial charge on any atom is 0.0738 e. The Kier molecular flexibility index (Phi) is 7.03. The minimum Gasteiger partial charge on any atom is -0.381 e. The Labute approximate surface area is 186 Å². The molecule has 2 aliphatic carbocycles. The number of ether oxygens (including phenoxy) is 1. The van der Waals surface area contributed by atoms with Gasteiger partial charge in [-0.3, -0.25) is 9.97 Å². The van der Waals surface area contributed by atoms with Gasteiger partial charge in [0.05, 0.1) is 29.8 Å². The maximum atomic E-state index is 6.14. The summed E-state index contributed by atoms with van der Waals surface area (Å²) in [7, 11) is 0. The van der Waals surface area contributed by atoms with E-state index in [2.05, 4.69) is 44.3 Å². The average molecular weight is 421 g/mol. The lowest BCUT2D eigenvalue weighted by Crippen LogP contribution is -2.33. The zero-order valence-corrected chi connectivity index (χ0v) is 19.2. The molecule has 166 valence electrons. The number of hydrogen-bond donors (Lipinski definition) is 2. The molecule has 0 unspecified atom stereocenters. The molecule has 0 aliphatic heterocycles. The third kappa shape index (κ3) is 5.34. The molecule has 2 aliphatic rings. The van der Waals surface area contributed by atoms with E-state index in [4.69, 9.17) is 20.4 Å². The highest BCUT2D eigenvalue weighted by atomic mass is 16.5. The predicted octanol–water partition coefficient (Wildman–Crippen LogP) is 5.49. The van der Waals surface area contributed by atoms with Crippen LogP contribution in [0.5, 0.6) is 0 Å². The number of nitrogens with one attached hydrogen (secondary N) is 1. The van der Waals surface area contributed by atoms with Crippen molar-refractivity contribution in [3.63, 3.8) is 0 Å². The van der Waals surface area contributed by atoms with E-state index in [1.54, 1.807) is 0 Å². The Bertz CT molecular complexity index is 912. The summed E-state index contributed by atoms with van der Waals surface area (Å²) in [6.45, 7) is 6.92. The van der Waals surface area contributed by atoms with E-state index in [0.717, 1.165) is 61.8 Å². The highest BCUT2D eigenvalue weighted by molar-refractivity contribution is 5.86. The van der Waals surface area contributed by atoms with Crippen molar-refractivity contribution in [3.8, 4) is 11.3 Å². The normalized spacial score (nSPS) is 20.6. The van der Waals surface area contributed by atoms with E-state index in [1.807, 2.05) is 12.4 Å². The van der Waals surface area contributed by atoms with Gasteiger partial charge in [0.25, 0.3) is 0 Å². The monoisotopic (exact) mass is 420 g/mol. The Morgan fingerprint density at radius 3 is 2.61 bits per heavy atom. The predicted molar refractivity (Wildman–Crippen MR) is 128 cm³/mol. The smallest absolute Gasteiger partial charge is 0.0738 e. The van der Waals surface area contributed by atoms with E-state index in [1.165, 1.54) is 22.5 Å². The molecule has 0 bridgehead atoms. The average Bonchev–Trinajstić information content (AvgIpc) is 3.18. The summed E-state index contributed by atoms with van der Waals surface area (Å²) in [5, 5.41) is 3.88. The highest BCUT2D eigenvalue weighted by Gasteiger charge is 2.25. The first kappa shape index (κ1) is 22.0. The minimum absolute atomic E-state index is 0.212. The maximum absolute atomic E-state index is 6.14. The molecule has 0 spiro atoms. The summed E-state index contributed by atoms with van der Waals surface area (Å²) in [5.41, 5.74) is 14.4. The van der Waals surface area contributed by atoms with E-state index in [-0.39, 0.29) is 6.10 Å². The first-order valence-corrected chi connectivity index (χ1v) is 11.8. The molecule has 0 amide bonds. The second-order valence-corrected chi connectivity index (χ2v) is 9.30. The van der Waals surface area contributed by atoms with Crippen LogP contribution in [-0.2, 0) is 17.8 Å². The summed E-state index contributed by atoms with van der Waals surface area (Å²) in [6.07, 6.45) is 14.2. The van der Waals surface area contributed by atoms with E-state index < -0.39 is 0 Å². The molecule has 0 aromatic carbocycles. The highest BCUT2D eigenvalue weighted by Crippen LogP contribution is 2.39. The molecule has 4 rings (SSSR count). The van der Waals surface area contributed by atoms with Gasteiger partial charge >= 0.3 is 0 Å². The molecule has 2 heterocycles. The van der Waals surface area contributed by atoms with Crippen LogP contribution in [0, 0.1) is 0 Å². The molecule has 0 saturated heterocycles. The third-order valence-corrected chi connectivity index (χ3v) is 6.32. The molecule has 0 atom stereocenters. The molecule has 0 radical (unpaired) electrons. The third-order valence-electron chi connectivity index (χ3n) is 6.32. The standard InChI is InChI=1S/C26H36N4O/c1-4-5-18-12-22-25(13-18)29-15-23(26(22)30-21-9-7-20(27)8-10-21)24-11-6-19(14-28-24)16-31-17(2)3/h6,11-12,14-15,17,20-21H,4-5,7-10,13,16,27H2,1-3H3,(H,29,30). The van der Waals surface area contributed by atoms with Crippen LogP contribution in [0.3, 0.4) is 0 Å². The molecule has 5 heteroatoms. The number of pyridine rings is 2. The van der Waals surface area contributed by atoms with Crippen LogP contribution >= 0.6 is 0 Å².